The fraction of sp³-hybridized carbons (Fsp3) is 0.909. The third kappa shape index (κ3) is 2.47. The highest BCUT2D eigenvalue weighted by atomic mass is 16.2. The van der Waals surface area contributed by atoms with Gasteiger partial charge >= 0.3 is 0 Å². The third-order valence-electron chi connectivity index (χ3n) is 3.16. The summed E-state index contributed by atoms with van der Waals surface area (Å²) in [7, 11) is 1.90. The van der Waals surface area contributed by atoms with Crippen LogP contribution in [0.25, 0.3) is 0 Å². The average Bonchev–Trinajstić information content (AvgIpc) is 2.49. The first-order valence-corrected chi connectivity index (χ1v) is 5.31. The van der Waals surface area contributed by atoms with Crippen LogP contribution in [0, 0.1) is 0 Å². The van der Waals surface area contributed by atoms with E-state index in [4.69, 9.17) is 0 Å². The van der Waals surface area contributed by atoms with Crippen molar-refractivity contribution in [1.82, 2.24) is 9.80 Å². The molecule has 3 heteroatoms. The third-order valence-corrected chi connectivity index (χ3v) is 3.16. The normalized spacial score (nSPS) is 23.9. The zero-order valence-electron chi connectivity index (χ0n) is 10.0. The van der Waals surface area contributed by atoms with Crippen molar-refractivity contribution in [2.75, 3.05) is 20.1 Å². The number of hydrogen-bond acceptors (Lipinski definition) is 2. The van der Waals surface area contributed by atoms with Gasteiger partial charge in [-0.15, -0.1) is 0 Å². The molecule has 1 atom stereocenters. The van der Waals surface area contributed by atoms with Crippen LogP contribution in [0.15, 0.2) is 0 Å². The van der Waals surface area contributed by atoms with E-state index in [-0.39, 0.29) is 11.4 Å². The maximum absolute atomic E-state index is 11.2. The van der Waals surface area contributed by atoms with Gasteiger partial charge in [0.05, 0.1) is 0 Å². The zero-order chi connectivity index (χ0) is 10.9. The molecule has 1 aliphatic heterocycles. The number of nitrogens with zero attached hydrogens (tertiary/aromatic N) is 2. The fourth-order valence-corrected chi connectivity index (χ4v) is 1.92. The number of rotatable bonds is 1. The van der Waals surface area contributed by atoms with E-state index in [1.165, 1.54) is 0 Å². The average molecular weight is 198 g/mol. The molecular formula is C11H22N2O. The van der Waals surface area contributed by atoms with Gasteiger partial charge < -0.3 is 4.90 Å². The van der Waals surface area contributed by atoms with Crippen LogP contribution < -0.4 is 0 Å². The molecule has 0 aliphatic carbocycles. The van der Waals surface area contributed by atoms with Crippen LogP contribution in [-0.2, 0) is 4.79 Å². The monoisotopic (exact) mass is 198 g/mol. The lowest BCUT2D eigenvalue weighted by Crippen LogP contribution is -2.43. The van der Waals surface area contributed by atoms with Gasteiger partial charge in [0.25, 0.3) is 0 Å². The molecule has 0 saturated carbocycles. The Morgan fingerprint density at radius 2 is 2.00 bits per heavy atom. The van der Waals surface area contributed by atoms with Gasteiger partial charge in [0, 0.05) is 38.6 Å². The lowest BCUT2D eigenvalue weighted by Gasteiger charge is -2.32. The topological polar surface area (TPSA) is 23.6 Å². The predicted molar refractivity (Wildman–Crippen MR) is 58.2 cm³/mol. The van der Waals surface area contributed by atoms with Gasteiger partial charge in [-0.05, 0) is 27.2 Å². The maximum Gasteiger partial charge on any atom is 0.219 e. The molecule has 0 unspecified atom stereocenters. The van der Waals surface area contributed by atoms with Crippen LogP contribution >= 0.6 is 0 Å². The number of amides is 1. The molecule has 1 heterocycles. The lowest BCUT2D eigenvalue weighted by atomic mass is 10.1. The molecule has 0 spiro atoms. The smallest absolute Gasteiger partial charge is 0.219 e. The van der Waals surface area contributed by atoms with Gasteiger partial charge in [-0.3, -0.25) is 9.69 Å². The van der Waals surface area contributed by atoms with E-state index in [0.29, 0.717) is 6.04 Å². The first kappa shape index (κ1) is 11.5. The standard InChI is InChI=1S/C11H22N2O/c1-9(14)12(5)10-6-7-13(8-10)11(2,3)4/h10H,6-8H2,1-5H3/t10-/m0/s1. The number of likely N-dealkylation sites (N-methyl/N-ethyl adjacent to an activating group) is 1. The van der Waals surface area contributed by atoms with Crippen LogP contribution in [0.2, 0.25) is 0 Å². The minimum absolute atomic E-state index is 0.172. The second-order valence-corrected chi connectivity index (χ2v) is 5.19. The molecule has 14 heavy (non-hydrogen) atoms. The van der Waals surface area contributed by atoms with Gasteiger partial charge in [-0.1, -0.05) is 0 Å². The fourth-order valence-electron chi connectivity index (χ4n) is 1.92. The van der Waals surface area contributed by atoms with Gasteiger partial charge in [0.15, 0.2) is 0 Å². The number of carbonyl (C=O) groups is 1. The van der Waals surface area contributed by atoms with Crippen LogP contribution in [0.4, 0.5) is 0 Å². The quantitative estimate of drug-likeness (QED) is 0.635. The highest BCUT2D eigenvalue weighted by Crippen LogP contribution is 2.22. The van der Waals surface area contributed by atoms with Crippen molar-refractivity contribution < 1.29 is 4.79 Å². The molecule has 1 rings (SSSR count). The summed E-state index contributed by atoms with van der Waals surface area (Å²) in [6.07, 6.45) is 1.10. The van der Waals surface area contributed by atoms with E-state index in [9.17, 15) is 4.79 Å². The second kappa shape index (κ2) is 3.89. The summed E-state index contributed by atoms with van der Waals surface area (Å²) >= 11 is 0. The van der Waals surface area contributed by atoms with E-state index in [2.05, 4.69) is 25.7 Å². The number of hydrogen-bond donors (Lipinski definition) is 0. The van der Waals surface area contributed by atoms with Gasteiger partial charge in [-0.25, -0.2) is 0 Å². The summed E-state index contributed by atoms with van der Waals surface area (Å²) in [5.41, 5.74) is 0.229. The minimum atomic E-state index is 0.172. The largest absolute Gasteiger partial charge is 0.342 e. The summed E-state index contributed by atoms with van der Waals surface area (Å²) < 4.78 is 0. The zero-order valence-corrected chi connectivity index (χ0v) is 10.0. The van der Waals surface area contributed by atoms with Gasteiger partial charge in [0.1, 0.15) is 0 Å². The maximum atomic E-state index is 11.2. The van der Waals surface area contributed by atoms with Crippen LogP contribution in [0.5, 0.6) is 0 Å². The van der Waals surface area contributed by atoms with E-state index in [1.807, 2.05) is 11.9 Å². The first-order valence-electron chi connectivity index (χ1n) is 5.31. The van der Waals surface area contributed by atoms with E-state index < -0.39 is 0 Å². The van der Waals surface area contributed by atoms with Crippen LogP contribution in [-0.4, -0.2) is 47.4 Å². The molecule has 0 aromatic heterocycles. The molecule has 0 N–H and O–H groups in total. The van der Waals surface area contributed by atoms with Crippen molar-refractivity contribution >= 4 is 5.91 Å². The van der Waals surface area contributed by atoms with Crippen LogP contribution in [0.1, 0.15) is 34.1 Å². The van der Waals surface area contributed by atoms with Crippen molar-refractivity contribution in [2.24, 2.45) is 0 Å². The SMILES string of the molecule is CC(=O)N(C)[C@H]1CCN(C(C)(C)C)C1. The van der Waals surface area contributed by atoms with E-state index >= 15 is 0 Å². The van der Waals surface area contributed by atoms with Crippen molar-refractivity contribution in [2.45, 2.75) is 45.7 Å². The molecule has 0 aromatic rings. The number of likely N-dealkylation sites (tertiary alicyclic amines) is 1. The Hall–Kier alpha value is -0.570. The highest BCUT2D eigenvalue weighted by molar-refractivity contribution is 5.73. The minimum Gasteiger partial charge on any atom is -0.342 e. The van der Waals surface area contributed by atoms with Crippen molar-refractivity contribution in [3.05, 3.63) is 0 Å². The molecular weight excluding hydrogens is 176 g/mol. The Morgan fingerprint density at radius 1 is 1.43 bits per heavy atom. The molecule has 0 aromatic carbocycles. The Kier molecular flexibility index (Phi) is 3.20. The molecule has 1 aliphatic rings. The molecule has 0 bridgehead atoms. The van der Waals surface area contributed by atoms with Crippen molar-refractivity contribution in [3.63, 3.8) is 0 Å². The van der Waals surface area contributed by atoms with E-state index in [0.717, 1.165) is 19.5 Å². The van der Waals surface area contributed by atoms with Gasteiger partial charge in [-0.2, -0.15) is 0 Å². The summed E-state index contributed by atoms with van der Waals surface area (Å²) in [4.78, 5) is 15.5. The summed E-state index contributed by atoms with van der Waals surface area (Å²) in [6, 6.07) is 0.409. The molecule has 1 amide bonds. The summed E-state index contributed by atoms with van der Waals surface area (Å²) in [5, 5.41) is 0. The second-order valence-electron chi connectivity index (χ2n) is 5.19. The molecule has 1 saturated heterocycles. The van der Waals surface area contributed by atoms with Crippen LogP contribution in [0.3, 0.4) is 0 Å². The Bertz CT molecular complexity index is 220. The Balaban J connectivity index is 2.53. The predicted octanol–water partition coefficient (Wildman–Crippen LogP) is 1.34. The molecule has 82 valence electrons. The van der Waals surface area contributed by atoms with Crippen molar-refractivity contribution in [1.29, 1.82) is 0 Å². The van der Waals surface area contributed by atoms with E-state index in [1.54, 1.807) is 6.92 Å². The Labute approximate surface area is 87.1 Å². The van der Waals surface area contributed by atoms with Crippen molar-refractivity contribution in [3.8, 4) is 0 Å². The summed E-state index contributed by atoms with van der Waals surface area (Å²) in [6.45, 7) is 10.4. The van der Waals surface area contributed by atoms with Gasteiger partial charge in [0.2, 0.25) is 5.91 Å². The molecule has 1 fully saturated rings. The lowest BCUT2D eigenvalue weighted by molar-refractivity contribution is -0.129. The molecule has 0 radical (unpaired) electrons. The summed E-state index contributed by atoms with van der Waals surface area (Å²) in [5.74, 6) is 0.172. The highest BCUT2D eigenvalue weighted by Gasteiger charge is 2.32. The number of carbonyl (C=O) groups excluding carboxylic acids is 1. The first-order chi connectivity index (χ1) is 6.32. The molecule has 3 nitrogen and oxygen atoms in total. The Morgan fingerprint density at radius 3 is 2.36 bits per heavy atom.